The van der Waals surface area contributed by atoms with Crippen LogP contribution in [0.2, 0.25) is 5.15 Å². The highest BCUT2D eigenvalue weighted by atomic mass is 35.5. The van der Waals surface area contributed by atoms with Gasteiger partial charge in [0.05, 0.1) is 5.52 Å². The Hall–Kier alpha value is -1.41. The van der Waals surface area contributed by atoms with E-state index in [2.05, 4.69) is 17.1 Å². The van der Waals surface area contributed by atoms with E-state index in [-0.39, 0.29) is 0 Å². The molecule has 0 radical (unpaired) electrons. The zero-order valence-electron chi connectivity index (χ0n) is 11.6. The van der Waals surface area contributed by atoms with Crippen LogP contribution in [0.25, 0.3) is 10.9 Å². The summed E-state index contributed by atoms with van der Waals surface area (Å²) in [4.78, 5) is 9.16. The van der Waals surface area contributed by atoms with Crippen LogP contribution in [0.1, 0.15) is 44.1 Å². The van der Waals surface area contributed by atoms with E-state index in [0.29, 0.717) is 11.2 Å². The lowest BCUT2D eigenvalue weighted by atomic mass is 10.1. The molecule has 1 saturated carbocycles. The molecular weight excluding hydrogens is 268 g/mol. The predicted molar refractivity (Wildman–Crippen MR) is 85.8 cm³/mol. The smallest absolute Gasteiger partial charge is 0.138 e. The van der Waals surface area contributed by atoms with Gasteiger partial charge in [-0.2, -0.15) is 0 Å². The minimum atomic E-state index is 0.458. The van der Waals surface area contributed by atoms with Gasteiger partial charge in [-0.3, -0.25) is 4.99 Å². The van der Waals surface area contributed by atoms with E-state index in [1.54, 1.807) is 0 Å². The second kappa shape index (κ2) is 6.36. The van der Waals surface area contributed by atoms with E-state index >= 15 is 0 Å². The van der Waals surface area contributed by atoms with Gasteiger partial charge in [-0.15, -0.1) is 0 Å². The van der Waals surface area contributed by atoms with Gasteiger partial charge >= 0.3 is 0 Å². The van der Waals surface area contributed by atoms with Gasteiger partial charge in [0.2, 0.25) is 0 Å². The number of benzene rings is 1. The Morgan fingerprint density at radius 1 is 1.10 bits per heavy atom. The fraction of sp³-hybridized carbons (Fsp3) is 0.412. The second-order valence-corrected chi connectivity index (χ2v) is 5.84. The molecule has 1 aromatic heterocycles. The summed E-state index contributed by atoms with van der Waals surface area (Å²) in [5.41, 5.74) is 1.86. The molecule has 20 heavy (non-hydrogen) atoms. The van der Waals surface area contributed by atoms with Gasteiger partial charge in [0.1, 0.15) is 5.15 Å². The Kier molecular flexibility index (Phi) is 4.31. The third-order valence-electron chi connectivity index (χ3n) is 3.95. The van der Waals surface area contributed by atoms with Crippen molar-refractivity contribution in [2.75, 3.05) is 0 Å². The fourth-order valence-electron chi connectivity index (χ4n) is 2.79. The quantitative estimate of drug-likeness (QED) is 0.432. The molecule has 0 bridgehead atoms. The molecule has 0 saturated heterocycles. The van der Waals surface area contributed by atoms with Gasteiger partial charge in [-0.05, 0) is 25.0 Å². The topological polar surface area (TPSA) is 25.2 Å². The molecule has 2 aromatic rings. The highest BCUT2D eigenvalue weighted by Gasteiger charge is 2.10. The molecule has 3 rings (SSSR count). The number of hydrogen-bond acceptors (Lipinski definition) is 2. The van der Waals surface area contributed by atoms with E-state index in [1.165, 1.54) is 38.5 Å². The Morgan fingerprint density at radius 2 is 1.85 bits per heavy atom. The van der Waals surface area contributed by atoms with Crippen molar-refractivity contribution in [3.8, 4) is 0 Å². The van der Waals surface area contributed by atoms with Crippen LogP contribution < -0.4 is 0 Å². The first-order valence-electron chi connectivity index (χ1n) is 7.41. The average molecular weight is 287 g/mol. The van der Waals surface area contributed by atoms with Crippen LogP contribution in [0, 0.1) is 0 Å². The second-order valence-electron chi connectivity index (χ2n) is 5.48. The van der Waals surface area contributed by atoms with E-state index in [1.807, 2.05) is 24.4 Å². The summed E-state index contributed by atoms with van der Waals surface area (Å²) >= 11 is 6.25. The number of aliphatic imine (C=N–C) groups is 1. The summed E-state index contributed by atoms with van der Waals surface area (Å²) in [5.74, 6) is 0. The number of nitrogens with zero attached hydrogens (tertiary/aromatic N) is 2. The van der Waals surface area contributed by atoms with E-state index in [0.717, 1.165) is 16.5 Å². The van der Waals surface area contributed by atoms with Crippen molar-refractivity contribution < 1.29 is 0 Å². The number of halogens is 1. The molecule has 1 heterocycles. The number of rotatable bonds is 2. The van der Waals surface area contributed by atoms with Gasteiger partial charge < -0.3 is 0 Å². The predicted octanol–water partition coefficient (Wildman–Crippen LogP) is 5.03. The van der Waals surface area contributed by atoms with Gasteiger partial charge in [-0.1, -0.05) is 55.5 Å². The molecule has 0 amide bonds. The van der Waals surface area contributed by atoms with Gasteiger partial charge in [0.15, 0.2) is 0 Å². The molecule has 2 nitrogen and oxygen atoms in total. The lowest BCUT2D eigenvalue weighted by Crippen LogP contribution is -2.03. The summed E-state index contributed by atoms with van der Waals surface area (Å²) in [6.45, 7) is 0. The van der Waals surface area contributed by atoms with Crippen LogP contribution in [-0.2, 0) is 0 Å². The van der Waals surface area contributed by atoms with Gasteiger partial charge in [-0.25, -0.2) is 4.98 Å². The molecule has 0 aliphatic heterocycles. The normalized spacial score (nSPS) is 17.6. The molecule has 1 aliphatic carbocycles. The van der Waals surface area contributed by atoms with E-state index < -0.39 is 0 Å². The SMILES string of the molecule is Clc1nc2ccccc2cc1C=NC1CCCCCC1. The summed E-state index contributed by atoms with van der Waals surface area (Å²) in [7, 11) is 0. The highest BCUT2D eigenvalue weighted by Crippen LogP contribution is 2.22. The maximum atomic E-state index is 6.25. The number of fused-ring (bicyclic) bond motifs is 1. The molecular formula is C17H19ClN2. The highest BCUT2D eigenvalue weighted by molar-refractivity contribution is 6.32. The molecule has 0 spiro atoms. The van der Waals surface area contributed by atoms with Crippen molar-refractivity contribution in [3.63, 3.8) is 0 Å². The average Bonchev–Trinajstić information content (AvgIpc) is 2.74. The maximum Gasteiger partial charge on any atom is 0.138 e. The van der Waals surface area contributed by atoms with Crippen molar-refractivity contribution in [1.82, 2.24) is 4.98 Å². The van der Waals surface area contributed by atoms with Crippen molar-refractivity contribution >= 4 is 28.7 Å². The number of hydrogen-bond donors (Lipinski definition) is 0. The first kappa shape index (κ1) is 13.6. The molecule has 3 heteroatoms. The number of para-hydroxylation sites is 1. The summed E-state index contributed by atoms with van der Waals surface area (Å²) in [6, 6.07) is 10.6. The number of pyridine rings is 1. The first-order valence-corrected chi connectivity index (χ1v) is 7.79. The standard InChI is InChI=1S/C17H19ClN2/c18-17-14(11-13-7-5-6-10-16(13)20-17)12-19-15-8-3-1-2-4-9-15/h5-7,10-12,15H,1-4,8-9H2. The monoisotopic (exact) mass is 286 g/mol. The number of aromatic nitrogens is 1. The zero-order valence-corrected chi connectivity index (χ0v) is 12.3. The van der Waals surface area contributed by atoms with Crippen LogP contribution in [-0.4, -0.2) is 17.2 Å². The Labute approximate surface area is 124 Å². The first-order chi connectivity index (χ1) is 9.83. The molecule has 1 aliphatic rings. The third kappa shape index (κ3) is 3.18. The summed E-state index contributed by atoms with van der Waals surface area (Å²) in [5, 5.41) is 1.65. The molecule has 0 atom stereocenters. The van der Waals surface area contributed by atoms with E-state index in [9.17, 15) is 0 Å². The fourth-order valence-corrected chi connectivity index (χ4v) is 2.99. The van der Waals surface area contributed by atoms with E-state index in [4.69, 9.17) is 16.6 Å². The molecule has 1 aromatic carbocycles. The molecule has 0 unspecified atom stereocenters. The van der Waals surface area contributed by atoms with Crippen LogP contribution in [0.5, 0.6) is 0 Å². The zero-order chi connectivity index (χ0) is 13.8. The van der Waals surface area contributed by atoms with Crippen LogP contribution >= 0.6 is 11.6 Å². The van der Waals surface area contributed by atoms with Crippen LogP contribution in [0.3, 0.4) is 0 Å². The van der Waals surface area contributed by atoms with Gasteiger partial charge in [0, 0.05) is 23.2 Å². The minimum Gasteiger partial charge on any atom is -0.289 e. The third-order valence-corrected chi connectivity index (χ3v) is 4.26. The van der Waals surface area contributed by atoms with Crippen molar-refractivity contribution in [1.29, 1.82) is 0 Å². The largest absolute Gasteiger partial charge is 0.289 e. The summed E-state index contributed by atoms with van der Waals surface area (Å²) in [6.07, 6.45) is 9.62. The summed E-state index contributed by atoms with van der Waals surface area (Å²) < 4.78 is 0. The molecule has 0 N–H and O–H groups in total. The van der Waals surface area contributed by atoms with Gasteiger partial charge in [0.25, 0.3) is 0 Å². The van der Waals surface area contributed by atoms with Crippen LogP contribution in [0.4, 0.5) is 0 Å². The lowest BCUT2D eigenvalue weighted by Gasteiger charge is -2.08. The molecule has 104 valence electrons. The minimum absolute atomic E-state index is 0.458. The van der Waals surface area contributed by atoms with Crippen molar-refractivity contribution in [2.24, 2.45) is 4.99 Å². The maximum absolute atomic E-state index is 6.25. The Balaban J connectivity index is 1.84. The van der Waals surface area contributed by atoms with Crippen molar-refractivity contribution in [3.05, 3.63) is 41.0 Å². The molecule has 1 fully saturated rings. The Bertz CT molecular complexity index is 613. The Morgan fingerprint density at radius 3 is 2.65 bits per heavy atom. The van der Waals surface area contributed by atoms with Crippen LogP contribution in [0.15, 0.2) is 35.3 Å². The van der Waals surface area contributed by atoms with Crippen molar-refractivity contribution in [2.45, 2.75) is 44.6 Å². The lowest BCUT2D eigenvalue weighted by molar-refractivity contribution is 0.588.